The van der Waals surface area contributed by atoms with Gasteiger partial charge in [-0.25, -0.2) is 0 Å². The molecule has 20 heavy (non-hydrogen) atoms. The molecule has 0 saturated carbocycles. The SMILES string of the molecule is C=CCN1CCCN(C(=O)/C=C/c2ccccc2)CC1. The highest BCUT2D eigenvalue weighted by molar-refractivity contribution is 5.91. The van der Waals surface area contributed by atoms with Crippen LogP contribution in [0, 0.1) is 0 Å². The van der Waals surface area contributed by atoms with Gasteiger partial charge in [-0.2, -0.15) is 0 Å². The summed E-state index contributed by atoms with van der Waals surface area (Å²) >= 11 is 0. The Labute approximate surface area is 121 Å². The third-order valence-corrected chi connectivity index (χ3v) is 3.51. The zero-order valence-electron chi connectivity index (χ0n) is 11.9. The maximum atomic E-state index is 12.2. The number of carbonyl (C=O) groups is 1. The molecule has 1 amide bonds. The first-order chi connectivity index (χ1) is 9.79. The molecule has 1 aromatic carbocycles. The van der Waals surface area contributed by atoms with Crippen LogP contribution in [-0.2, 0) is 4.79 Å². The Morgan fingerprint density at radius 3 is 2.70 bits per heavy atom. The molecule has 0 atom stereocenters. The summed E-state index contributed by atoms with van der Waals surface area (Å²) in [5, 5.41) is 0. The summed E-state index contributed by atoms with van der Waals surface area (Å²) in [6.07, 6.45) is 6.51. The van der Waals surface area contributed by atoms with Crippen LogP contribution in [0.3, 0.4) is 0 Å². The van der Waals surface area contributed by atoms with Crippen molar-refractivity contribution in [2.24, 2.45) is 0 Å². The summed E-state index contributed by atoms with van der Waals surface area (Å²) in [5.74, 6) is 0.106. The maximum absolute atomic E-state index is 12.2. The van der Waals surface area contributed by atoms with Gasteiger partial charge >= 0.3 is 0 Å². The Morgan fingerprint density at radius 2 is 1.95 bits per heavy atom. The van der Waals surface area contributed by atoms with Crippen LogP contribution >= 0.6 is 0 Å². The summed E-state index contributed by atoms with van der Waals surface area (Å²) in [6, 6.07) is 9.92. The first-order valence-corrected chi connectivity index (χ1v) is 7.15. The van der Waals surface area contributed by atoms with Crippen LogP contribution in [0.25, 0.3) is 6.08 Å². The van der Waals surface area contributed by atoms with Crippen molar-refractivity contribution in [1.82, 2.24) is 9.80 Å². The van der Waals surface area contributed by atoms with Gasteiger partial charge in [-0.05, 0) is 18.1 Å². The largest absolute Gasteiger partial charge is 0.338 e. The van der Waals surface area contributed by atoms with Gasteiger partial charge in [0.15, 0.2) is 0 Å². The van der Waals surface area contributed by atoms with Crippen molar-refractivity contribution in [2.45, 2.75) is 6.42 Å². The molecule has 0 radical (unpaired) electrons. The van der Waals surface area contributed by atoms with Crippen molar-refractivity contribution in [2.75, 3.05) is 32.7 Å². The van der Waals surface area contributed by atoms with Crippen LogP contribution < -0.4 is 0 Å². The Balaban J connectivity index is 1.89. The van der Waals surface area contributed by atoms with Gasteiger partial charge in [0, 0.05) is 38.8 Å². The van der Waals surface area contributed by atoms with E-state index in [1.807, 2.05) is 47.4 Å². The van der Waals surface area contributed by atoms with Crippen molar-refractivity contribution < 1.29 is 4.79 Å². The number of rotatable bonds is 4. The Hall–Kier alpha value is -1.87. The highest BCUT2D eigenvalue weighted by atomic mass is 16.2. The lowest BCUT2D eigenvalue weighted by Crippen LogP contribution is -2.34. The standard InChI is InChI=1S/C17H22N2O/c1-2-11-18-12-6-13-19(15-14-18)17(20)10-9-16-7-4-3-5-8-16/h2-5,7-10H,1,6,11-15H2/b10-9+. The number of nitrogens with zero attached hydrogens (tertiary/aromatic N) is 2. The lowest BCUT2D eigenvalue weighted by molar-refractivity contribution is -0.125. The topological polar surface area (TPSA) is 23.6 Å². The molecule has 3 heteroatoms. The van der Waals surface area contributed by atoms with Crippen LogP contribution in [0.1, 0.15) is 12.0 Å². The maximum Gasteiger partial charge on any atom is 0.246 e. The van der Waals surface area contributed by atoms with E-state index >= 15 is 0 Å². The van der Waals surface area contributed by atoms with E-state index in [2.05, 4.69) is 11.5 Å². The quantitative estimate of drug-likeness (QED) is 0.619. The predicted octanol–water partition coefficient (Wildman–Crippen LogP) is 2.42. The van der Waals surface area contributed by atoms with Crippen molar-refractivity contribution in [3.63, 3.8) is 0 Å². The molecular formula is C17H22N2O. The average Bonchev–Trinajstić information content (AvgIpc) is 2.72. The van der Waals surface area contributed by atoms with E-state index in [0.29, 0.717) is 0 Å². The fraction of sp³-hybridized carbons (Fsp3) is 0.353. The lowest BCUT2D eigenvalue weighted by atomic mass is 10.2. The molecule has 1 saturated heterocycles. The number of hydrogen-bond donors (Lipinski definition) is 0. The minimum atomic E-state index is 0.106. The second-order valence-electron chi connectivity index (χ2n) is 5.01. The predicted molar refractivity (Wildman–Crippen MR) is 83.3 cm³/mol. The number of amides is 1. The third-order valence-electron chi connectivity index (χ3n) is 3.51. The van der Waals surface area contributed by atoms with E-state index in [4.69, 9.17) is 0 Å². The van der Waals surface area contributed by atoms with Gasteiger partial charge in [-0.1, -0.05) is 36.4 Å². The van der Waals surface area contributed by atoms with Crippen molar-refractivity contribution >= 4 is 12.0 Å². The summed E-state index contributed by atoms with van der Waals surface area (Å²) in [6.45, 7) is 8.28. The van der Waals surface area contributed by atoms with E-state index in [0.717, 1.165) is 44.7 Å². The summed E-state index contributed by atoms with van der Waals surface area (Å²) in [4.78, 5) is 16.5. The third kappa shape index (κ3) is 4.35. The smallest absolute Gasteiger partial charge is 0.246 e. The van der Waals surface area contributed by atoms with E-state index < -0.39 is 0 Å². The van der Waals surface area contributed by atoms with Crippen molar-refractivity contribution in [3.8, 4) is 0 Å². The zero-order chi connectivity index (χ0) is 14.2. The monoisotopic (exact) mass is 270 g/mol. The molecule has 3 nitrogen and oxygen atoms in total. The van der Waals surface area contributed by atoms with Crippen LogP contribution in [0.4, 0.5) is 0 Å². The van der Waals surface area contributed by atoms with Gasteiger partial charge in [-0.15, -0.1) is 6.58 Å². The average molecular weight is 270 g/mol. The Kier molecular flexibility index (Phi) is 5.56. The summed E-state index contributed by atoms with van der Waals surface area (Å²) in [7, 11) is 0. The molecule has 1 aliphatic heterocycles. The fourth-order valence-electron chi connectivity index (χ4n) is 2.39. The molecule has 0 unspecified atom stereocenters. The van der Waals surface area contributed by atoms with Gasteiger partial charge in [0.05, 0.1) is 0 Å². The molecule has 1 heterocycles. The molecule has 2 rings (SSSR count). The Morgan fingerprint density at radius 1 is 1.15 bits per heavy atom. The van der Waals surface area contributed by atoms with Crippen LogP contribution in [0.2, 0.25) is 0 Å². The molecule has 1 fully saturated rings. The zero-order valence-corrected chi connectivity index (χ0v) is 11.9. The van der Waals surface area contributed by atoms with Crippen molar-refractivity contribution in [3.05, 3.63) is 54.6 Å². The number of carbonyl (C=O) groups excluding carboxylic acids is 1. The molecule has 0 N–H and O–H groups in total. The number of hydrogen-bond acceptors (Lipinski definition) is 2. The van der Waals surface area contributed by atoms with Gasteiger partial charge in [-0.3, -0.25) is 9.69 Å². The van der Waals surface area contributed by atoms with E-state index in [1.54, 1.807) is 6.08 Å². The molecule has 0 aromatic heterocycles. The highest BCUT2D eigenvalue weighted by Crippen LogP contribution is 2.06. The molecular weight excluding hydrogens is 248 g/mol. The van der Waals surface area contributed by atoms with E-state index in [-0.39, 0.29) is 5.91 Å². The van der Waals surface area contributed by atoms with E-state index in [1.165, 1.54) is 0 Å². The first kappa shape index (κ1) is 14.5. The second-order valence-corrected chi connectivity index (χ2v) is 5.01. The van der Waals surface area contributed by atoms with Crippen LogP contribution in [0.15, 0.2) is 49.1 Å². The van der Waals surface area contributed by atoms with E-state index in [9.17, 15) is 4.79 Å². The fourth-order valence-corrected chi connectivity index (χ4v) is 2.39. The van der Waals surface area contributed by atoms with Crippen LogP contribution in [0.5, 0.6) is 0 Å². The van der Waals surface area contributed by atoms with Gasteiger partial charge in [0.25, 0.3) is 0 Å². The highest BCUT2D eigenvalue weighted by Gasteiger charge is 2.16. The van der Waals surface area contributed by atoms with Gasteiger partial charge in [0.2, 0.25) is 5.91 Å². The van der Waals surface area contributed by atoms with Gasteiger partial charge in [0.1, 0.15) is 0 Å². The Bertz CT molecular complexity index is 467. The number of benzene rings is 1. The van der Waals surface area contributed by atoms with Crippen molar-refractivity contribution in [1.29, 1.82) is 0 Å². The van der Waals surface area contributed by atoms with Crippen LogP contribution in [-0.4, -0.2) is 48.4 Å². The minimum Gasteiger partial charge on any atom is -0.338 e. The summed E-state index contributed by atoms with van der Waals surface area (Å²) in [5.41, 5.74) is 1.06. The summed E-state index contributed by atoms with van der Waals surface area (Å²) < 4.78 is 0. The molecule has 0 aliphatic carbocycles. The molecule has 1 aromatic rings. The first-order valence-electron chi connectivity index (χ1n) is 7.15. The normalized spacial score (nSPS) is 17.1. The molecule has 1 aliphatic rings. The molecule has 0 bridgehead atoms. The van der Waals surface area contributed by atoms with Gasteiger partial charge < -0.3 is 4.90 Å². The molecule has 0 spiro atoms. The molecule has 106 valence electrons. The lowest BCUT2D eigenvalue weighted by Gasteiger charge is -2.19. The second kappa shape index (κ2) is 7.65. The minimum absolute atomic E-state index is 0.106.